The van der Waals surface area contributed by atoms with Gasteiger partial charge in [0.25, 0.3) is 0 Å². The molecule has 0 saturated carbocycles. The van der Waals surface area contributed by atoms with Crippen LogP contribution < -0.4 is 0 Å². The summed E-state index contributed by atoms with van der Waals surface area (Å²) in [5.74, 6) is 0. The van der Waals surface area contributed by atoms with Crippen LogP contribution in [0.4, 0.5) is 0 Å². The lowest BCUT2D eigenvalue weighted by molar-refractivity contribution is -0.0776. The quantitative estimate of drug-likeness (QED) is 0.111. The van der Waals surface area contributed by atoms with E-state index in [-0.39, 0.29) is 40.0 Å². The number of rotatable bonds is 16. The molecule has 0 saturated heterocycles. The maximum atomic E-state index is 9.40. The molecule has 0 aromatic rings. The minimum atomic E-state index is -2.12. The van der Waals surface area contributed by atoms with E-state index in [4.69, 9.17) is 18.0 Å². The van der Waals surface area contributed by atoms with Crippen molar-refractivity contribution < 1.29 is 23.1 Å². The van der Waals surface area contributed by atoms with E-state index in [1.807, 2.05) is 12.2 Å². The maximum absolute atomic E-state index is 9.40. The van der Waals surface area contributed by atoms with E-state index in [2.05, 4.69) is 108 Å². The predicted molar refractivity (Wildman–Crippen MR) is 173 cm³/mol. The predicted octanol–water partition coefficient (Wildman–Crippen LogP) is 8.69. The Hall–Kier alpha value is -0.0694. The summed E-state index contributed by atoms with van der Waals surface area (Å²) >= 11 is 0. The molecule has 5 nitrogen and oxygen atoms in total. The van der Waals surface area contributed by atoms with Gasteiger partial charge < -0.3 is 23.1 Å². The van der Waals surface area contributed by atoms with Crippen molar-refractivity contribution in [2.24, 2.45) is 0 Å². The summed E-state index contributed by atoms with van der Waals surface area (Å²) in [5, 5.41) is 9.70. The highest BCUT2D eigenvalue weighted by Gasteiger charge is 2.45. The Labute approximate surface area is 240 Å². The molecule has 8 heteroatoms. The molecule has 3 atom stereocenters. The van der Waals surface area contributed by atoms with E-state index in [1.165, 1.54) is 0 Å². The summed E-state index contributed by atoms with van der Waals surface area (Å²) < 4.78 is 27.0. The summed E-state index contributed by atoms with van der Waals surface area (Å²) in [7, 11) is -6.03. The van der Waals surface area contributed by atoms with Gasteiger partial charge in [0.15, 0.2) is 25.0 Å². The van der Waals surface area contributed by atoms with Crippen molar-refractivity contribution in [3.8, 4) is 0 Å². The standard InChI is InChI=1S/C30H64O5Si3/c1-17-25(34-37(13,14)29(5,6)7)27(32-23-20-24-33-36(11,12)28(2,3)4)26(21-18-19-22-31)35-38(15,16)30(8,9)10/h17-19,25-27,31H,1,20-24H2,2-16H3/b19-18+/t25-,26-,27+/m1/s1. The Balaban J connectivity index is 6.09. The van der Waals surface area contributed by atoms with Crippen LogP contribution in [0.2, 0.25) is 54.4 Å². The van der Waals surface area contributed by atoms with Crippen LogP contribution in [0.25, 0.3) is 0 Å². The zero-order valence-electron chi connectivity index (χ0n) is 27.8. The molecule has 0 aliphatic heterocycles. The van der Waals surface area contributed by atoms with E-state index in [1.54, 1.807) is 6.08 Å². The third-order valence-corrected chi connectivity index (χ3v) is 22.4. The van der Waals surface area contributed by atoms with Crippen LogP contribution in [0, 0.1) is 0 Å². The van der Waals surface area contributed by atoms with Crippen LogP contribution >= 0.6 is 0 Å². The first kappa shape index (κ1) is 37.9. The molecule has 0 aromatic heterocycles. The average Bonchev–Trinajstić information content (AvgIpc) is 2.71. The van der Waals surface area contributed by atoms with Crippen LogP contribution in [0.1, 0.15) is 75.2 Å². The summed E-state index contributed by atoms with van der Waals surface area (Å²) in [6.45, 7) is 39.4. The zero-order valence-corrected chi connectivity index (χ0v) is 30.8. The normalized spacial score (nSPS) is 17.1. The summed E-state index contributed by atoms with van der Waals surface area (Å²) in [4.78, 5) is 0. The van der Waals surface area contributed by atoms with Gasteiger partial charge in [-0.25, -0.2) is 0 Å². The van der Waals surface area contributed by atoms with Gasteiger partial charge in [0, 0.05) is 13.2 Å². The van der Waals surface area contributed by atoms with Gasteiger partial charge >= 0.3 is 0 Å². The lowest BCUT2D eigenvalue weighted by atomic mass is 10.0. The van der Waals surface area contributed by atoms with E-state index < -0.39 is 25.0 Å². The van der Waals surface area contributed by atoms with Gasteiger partial charge in [-0.05, 0) is 67.2 Å². The van der Waals surface area contributed by atoms with E-state index in [9.17, 15) is 5.11 Å². The van der Waals surface area contributed by atoms with Gasteiger partial charge in [0.2, 0.25) is 0 Å². The highest BCUT2D eigenvalue weighted by Crippen LogP contribution is 2.41. The molecule has 0 aliphatic carbocycles. The minimum absolute atomic E-state index is 0.00841. The molecule has 0 fully saturated rings. The van der Waals surface area contributed by atoms with Crippen molar-refractivity contribution >= 4 is 25.0 Å². The van der Waals surface area contributed by atoms with Crippen molar-refractivity contribution in [3.63, 3.8) is 0 Å². The highest BCUT2D eigenvalue weighted by molar-refractivity contribution is 6.75. The molecule has 0 amide bonds. The SMILES string of the molecule is C=C[C@@H](O[Si](C)(C)C(C)(C)C)[C@H](OCCCO[Si](C)(C)C(C)(C)C)[C@@H](C/C=C/CO)O[Si](C)(C)C(C)(C)C. The Morgan fingerprint density at radius 3 is 1.61 bits per heavy atom. The average molecular weight is 589 g/mol. The van der Waals surface area contributed by atoms with Gasteiger partial charge in [-0.2, -0.15) is 0 Å². The van der Waals surface area contributed by atoms with E-state index in [0.29, 0.717) is 19.6 Å². The molecular weight excluding hydrogens is 525 g/mol. The fourth-order valence-corrected chi connectivity index (χ4v) is 6.80. The van der Waals surface area contributed by atoms with Crippen LogP contribution in [-0.2, 0) is 18.0 Å². The van der Waals surface area contributed by atoms with Crippen LogP contribution in [0.5, 0.6) is 0 Å². The smallest absolute Gasteiger partial charge is 0.193 e. The third kappa shape index (κ3) is 11.8. The van der Waals surface area contributed by atoms with E-state index >= 15 is 0 Å². The third-order valence-electron chi connectivity index (χ3n) is 8.92. The van der Waals surface area contributed by atoms with Crippen LogP contribution in [0.3, 0.4) is 0 Å². The van der Waals surface area contributed by atoms with Crippen molar-refractivity contribution in [2.45, 2.75) is 148 Å². The molecule has 0 unspecified atom stereocenters. The maximum Gasteiger partial charge on any atom is 0.193 e. The number of aliphatic hydroxyl groups excluding tert-OH is 1. The second kappa shape index (κ2) is 14.7. The number of hydrogen-bond donors (Lipinski definition) is 1. The van der Waals surface area contributed by atoms with Crippen molar-refractivity contribution in [2.75, 3.05) is 19.8 Å². The fourth-order valence-electron chi connectivity index (χ4n) is 3.11. The molecule has 226 valence electrons. The Kier molecular flexibility index (Phi) is 14.7. The molecule has 0 heterocycles. The zero-order chi connectivity index (χ0) is 30.2. The lowest BCUT2D eigenvalue weighted by Crippen LogP contribution is -2.53. The van der Waals surface area contributed by atoms with Crippen LogP contribution in [0.15, 0.2) is 24.8 Å². The molecule has 1 N–H and O–H groups in total. The minimum Gasteiger partial charge on any atom is -0.417 e. The van der Waals surface area contributed by atoms with Crippen molar-refractivity contribution in [1.82, 2.24) is 0 Å². The van der Waals surface area contributed by atoms with Crippen molar-refractivity contribution in [3.05, 3.63) is 24.8 Å². The molecule has 0 spiro atoms. The second-order valence-corrected chi connectivity index (χ2v) is 29.5. The topological polar surface area (TPSA) is 57.2 Å². The first-order valence-corrected chi connectivity index (χ1v) is 23.2. The summed E-state index contributed by atoms with van der Waals surface area (Å²) in [6, 6.07) is 0. The molecule has 0 radical (unpaired) electrons. The molecule has 0 rings (SSSR count). The van der Waals surface area contributed by atoms with Gasteiger partial charge in [-0.3, -0.25) is 0 Å². The largest absolute Gasteiger partial charge is 0.417 e. The molecule has 0 aliphatic rings. The Bertz CT molecular complexity index is 728. The van der Waals surface area contributed by atoms with E-state index in [0.717, 1.165) is 6.42 Å². The van der Waals surface area contributed by atoms with Gasteiger partial charge in [-0.1, -0.05) is 80.5 Å². The first-order valence-electron chi connectivity index (χ1n) is 14.4. The Morgan fingerprint density at radius 2 is 1.18 bits per heavy atom. The molecular formula is C30H64O5Si3. The first-order chi connectivity index (χ1) is 16.9. The lowest BCUT2D eigenvalue weighted by Gasteiger charge is -2.45. The Morgan fingerprint density at radius 1 is 0.711 bits per heavy atom. The number of aliphatic hydroxyl groups is 1. The highest BCUT2D eigenvalue weighted by atomic mass is 28.4. The van der Waals surface area contributed by atoms with Gasteiger partial charge in [0.1, 0.15) is 6.10 Å². The fraction of sp³-hybridized carbons (Fsp3) is 0.867. The summed E-state index contributed by atoms with van der Waals surface area (Å²) in [5.41, 5.74) is 0. The monoisotopic (exact) mass is 588 g/mol. The van der Waals surface area contributed by atoms with Gasteiger partial charge in [0.05, 0.1) is 18.8 Å². The second-order valence-electron chi connectivity index (χ2n) is 15.2. The number of ether oxygens (including phenoxy) is 1. The number of hydrogen-bond acceptors (Lipinski definition) is 5. The van der Waals surface area contributed by atoms with Crippen molar-refractivity contribution in [1.29, 1.82) is 0 Å². The van der Waals surface area contributed by atoms with Gasteiger partial charge in [-0.15, -0.1) is 6.58 Å². The molecule has 0 bridgehead atoms. The molecule has 38 heavy (non-hydrogen) atoms. The van der Waals surface area contributed by atoms with Crippen LogP contribution in [-0.4, -0.2) is 68.2 Å². The summed E-state index contributed by atoms with van der Waals surface area (Å²) in [6.07, 6.45) is 6.31. The molecule has 0 aromatic carbocycles.